The number of terminal acetylenes is 1. The molecule has 0 unspecified atom stereocenters. The highest BCUT2D eigenvalue weighted by atomic mass is 19.1. The van der Waals surface area contributed by atoms with Crippen LogP contribution in [0.25, 0.3) is 0 Å². The fourth-order valence-electron chi connectivity index (χ4n) is 1.80. The van der Waals surface area contributed by atoms with Crippen LogP contribution in [0.3, 0.4) is 0 Å². The summed E-state index contributed by atoms with van der Waals surface area (Å²) in [5.41, 5.74) is 1.10. The van der Waals surface area contributed by atoms with E-state index in [1.54, 1.807) is 6.07 Å². The molecule has 0 aromatic heterocycles. The summed E-state index contributed by atoms with van der Waals surface area (Å²) in [7, 11) is 0. The molecule has 0 fully saturated rings. The third-order valence-electron chi connectivity index (χ3n) is 2.70. The predicted octanol–water partition coefficient (Wildman–Crippen LogP) is 1.75. The van der Waals surface area contributed by atoms with Gasteiger partial charge in [0.25, 0.3) is 5.91 Å². The fourth-order valence-corrected chi connectivity index (χ4v) is 1.80. The van der Waals surface area contributed by atoms with Gasteiger partial charge in [-0.15, -0.1) is 6.42 Å². The van der Waals surface area contributed by atoms with Crippen LogP contribution >= 0.6 is 0 Å². The van der Waals surface area contributed by atoms with Gasteiger partial charge in [0, 0.05) is 6.07 Å². The molecule has 4 heteroatoms. The first-order chi connectivity index (χ1) is 8.17. The maximum absolute atomic E-state index is 13.6. The van der Waals surface area contributed by atoms with E-state index in [0.29, 0.717) is 23.4 Å². The minimum Gasteiger partial charge on any atom is -0.481 e. The molecule has 1 aliphatic rings. The predicted molar refractivity (Wildman–Crippen MR) is 62.5 cm³/mol. The van der Waals surface area contributed by atoms with E-state index in [1.165, 1.54) is 11.0 Å². The second-order valence-corrected chi connectivity index (χ2v) is 3.74. The minimum absolute atomic E-state index is 0.0976. The maximum Gasteiger partial charge on any atom is 0.265 e. The van der Waals surface area contributed by atoms with Crippen molar-refractivity contribution in [2.24, 2.45) is 0 Å². The average Bonchev–Trinajstić information content (AvgIpc) is 2.32. The zero-order valence-electron chi connectivity index (χ0n) is 9.50. The summed E-state index contributed by atoms with van der Waals surface area (Å²) in [4.78, 5) is 13.1. The van der Waals surface area contributed by atoms with E-state index in [4.69, 9.17) is 11.2 Å². The summed E-state index contributed by atoms with van der Waals surface area (Å²) in [5, 5.41) is 0. The van der Waals surface area contributed by atoms with Gasteiger partial charge in [0.05, 0.1) is 12.2 Å². The van der Waals surface area contributed by atoms with Gasteiger partial charge in [0.1, 0.15) is 11.6 Å². The molecule has 0 saturated heterocycles. The number of amides is 1. The van der Waals surface area contributed by atoms with Crippen LogP contribution in [0.15, 0.2) is 12.1 Å². The third kappa shape index (κ3) is 1.96. The Morgan fingerprint density at radius 2 is 2.35 bits per heavy atom. The van der Waals surface area contributed by atoms with Crippen LogP contribution in [0, 0.1) is 18.2 Å². The number of hydrogen-bond acceptors (Lipinski definition) is 2. The molecule has 0 radical (unpaired) electrons. The van der Waals surface area contributed by atoms with Crippen molar-refractivity contribution in [3.63, 3.8) is 0 Å². The van der Waals surface area contributed by atoms with Crippen molar-refractivity contribution in [3.8, 4) is 18.1 Å². The quantitative estimate of drug-likeness (QED) is 0.728. The Labute approximate surface area is 99.2 Å². The van der Waals surface area contributed by atoms with Crippen LogP contribution in [0.2, 0.25) is 0 Å². The molecule has 17 heavy (non-hydrogen) atoms. The molecule has 0 bridgehead atoms. The summed E-state index contributed by atoms with van der Waals surface area (Å²) in [6.45, 7) is 1.92. The van der Waals surface area contributed by atoms with E-state index in [1.807, 2.05) is 6.92 Å². The third-order valence-corrected chi connectivity index (χ3v) is 2.70. The largest absolute Gasteiger partial charge is 0.481 e. The molecule has 0 N–H and O–H groups in total. The molecule has 1 aliphatic heterocycles. The number of carbonyl (C=O) groups excluding carboxylic acids is 1. The molecule has 0 saturated carbocycles. The number of halogens is 1. The topological polar surface area (TPSA) is 29.5 Å². The molecular weight excluding hydrogens is 221 g/mol. The van der Waals surface area contributed by atoms with E-state index < -0.39 is 0 Å². The SMILES string of the molecule is C#CCN1C(=O)COc2cc(F)c(CC)cc21. The normalized spacial score (nSPS) is 13.9. The van der Waals surface area contributed by atoms with Crippen LogP contribution in [0.4, 0.5) is 10.1 Å². The zero-order chi connectivity index (χ0) is 12.4. The summed E-state index contributed by atoms with van der Waals surface area (Å²) in [6.07, 6.45) is 5.77. The van der Waals surface area contributed by atoms with Crippen LogP contribution in [-0.2, 0) is 11.2 Å². The van der Waals surface area contributed by atoms with Gasteiger partial charge in [-0.1, -0.05) is 12.8 Å². The summed E-state index contributed by atoms with van der Waals surface area (Å²) < 4.78 is 18.8. The van der Waals surface area contributed by atoms with Crippen molar-refractivity contribution in [2.45, 2.75) is 13.3 Å². The smallest absolute Gasteiger partial charge is 0.265 e. The number of nitrogens with zero attached hydrogens (tertiary/aromatic N) is 1. The number of hydrogen-bond donors (Lipinski definition) is 0. The van der Waals surface area contributed by atoms with E-state index in [0.717, 1.165) is 0 Å². The highest BCUT2D eigenvalue weighted by Crippen LogP contribution is 2.34. The lowest BCUT2D eigenvalue weighted by atomic mass is 10.1. The standard InChI is InChI=1S/C13H12FNO2/c1-3-5-15-11-6-9(4-2)10(14)7-12(11)17-8-13(15)16/h1,6-7H,4-5,8H2,2H3. The summed E-state index contributed by atoms with van der Waals surface area (Å²) in [5.74, 6) is 2.26. The molecule has 1 amide bonds. The second-order valence-electron chi connectivity index (χ2n) is 3.74. The molecule has 1 heterocycles. The Balaban J connectivity index is 2.51. The zero-order valence-corrected chi connectivity index (χ0v) is 9.50. The lowest BCUT2D eigenvalue weighted by Crippen LogP contribution is -2.39. The Morgan fingerprint density at radius 1 is 1.59 bits per heavy atom. The summed E-state index contributed by atoms with van der Waals surface area (Å²) in [6, 6.07) is 2.93. The number of rotatable bonds is 2. The number of anilines is 1. The second kappa shape index (κ2) is 4.46. The summed E-state index contributed by atoms with van der Waals surface area (Å²) >= 11 is 0. The Morgan fingerprint density at radius 3 is 3.00 bits per heavy atom. The van der Waals surface area contributed by atoms with Crippen molar-refractivity contribution in [1.29, 1.82) is 0 Å². The first kappa shape index (κ1) is 11.5. The van der Waals surface area contributed by atoms with Crippen molar-refractivity contribution < 1.29 is 13.9 Å². The van der Waals surface area contributed by atoms with Crippen molar-refractivity contribution in [2.75, 3.05) is 18.1 Å². The Bertz CT molecular complexity index is 505. The minimum atomic E-state index is -0.318. The van der Waals surface area contributed by atoms with E-state index in [-0.39, 0.29) is 24.9 Å². The number of benzene rings is 1. The first-order valence-electron chi connectivity index (χ1n) is 5.36. The van der Waals surface area contributed by atoms with Gasteiger partial charge in [0.15, 0.2) is 6.61 Å². The van der Waals surface area contributed by atoms with Crippen molar-refractivity contribution >= 4 is 11.6 Å². The first-order valence-corrected chi connectivity index (χ1v) is 5.36. The van der Waals surface area contributed by atoms with Gasteiger partial charge in [-0.05, 0) is 18.1 Å². The number of aryl methyl sites for hydroxylation is 1. The number of carbonyl (C=O) groups is 1. The molecule has 1 aromatic carbocycles. The van der Waals surface area contributed by atoms with Gasteiger partial charge in [-0.3, -0.25) is 9.69 Å². The number of ether oxygens (including phenoxy) is 1. The monoisotopic (exact) mass is 233 g/mol. The molecule has 0 atom stereocenters. The van der Waals surface area contributed by atoms with Crippen LogP contribution in [0.5, 0.6) is 5.75 Å². The van der Waals surface area contributed by atoms with Crippen LogP contribution < -0.4 is 9.64 Å². The van der Waals surface area contributed by atoms with Crippen molar-refractivity contribution in [3.05, 3.63) is 23.5 Å². The molecular formula is C13H12FNO2. The Kier molecular flexibility index (Phi) is 3.01. The molecule has 88 valence electrons. The molecule has 0 aliphatic carbocycles. The molecule has 0 spiro atoms. The van der Waals surface area contributed by atoms with E-state index in [2.05, 4.69) is 5.92 Å². The molecule has 3 nitrogen and oxygen atoms in total. The lowest BCUT2D eigenvalue weighted by Gasteiger charge is -2.28. The van der Waals surface area contributed by atoms with Gasteiger partial charge in [0.2, 0.25) is 0 Å². The Hall–Kier alpha value is -2.02. The van der Waals surface area contributed by atoms with Crippen LogP contribution in [-0.4, -0.2) is 19.1 Å². The lowest BCUT2D eigenvalue weighted by molar-refractivity contribution is -0.121. The fraction of sp³-hybridized carbons (Fsp3) is 0.308. The molecule has 2 rings (SSSR count). The van der Waals surface area contributed by atoms with Crippen molar-refractivity contribution in [1.82, 2.24) is 0 Å². The highest BCUT2D eigenvalue weighted by Gasteiger charge is 2.26. The number of fused-ring (bicyclic) bond motifs is 1. The van der Waals surface area contributed by atoms with E-state index in [9.17, 15) is 9.18 Å². The maximum atomic E-state index is 13.6. The average molecular weight is 233 g/mol. The highest BCUT2D eigenvalue weighted by molar-refractivity contribution is 5.98. The van der Waals surface area contributed by atoms with E-state index >= 15 is 0 Å². The van der Waals surface area contributed by atoms with Gasteiger partial charge in [-0.2, -0.15) is 0 Å². The van der Waals surface area contributed by atoms with Crippen LogP contribution in [0.1, 0.15) is 12.5 Å². The van der Waals surface area contributed by atoms with Gasteiger partial charge < -0.3 is 4.74 Å². The van der Waals surface area contributed by atoms with Gasteiger partial charge >= 0.3 is 0 Å². The van der Waals surface area contributed by atoms with Gasteiger partial charge in [-0.25, -0.2) is 4.39 Å². The molecule has 1 aromatic rings.